The van der Waals surface area contributed by atoms with Crippen molar-refractivity contribution in [1.29, 1.82) is 0 Å². The molecule has 0 N–H and O–H groups in total. The zero-order valence-electron chi connectivity index (χ0n) is 24.8. The molecule has 8 rings (SSSR count). The Bertz CT molecular complexity index is 2160. The topological polar surface area (TPSA) is 3.24 Å². The highest BCUT2D eigenvalue weighted by molar-refractivity contribution is 6.22. The highest BCUT2D eigenvalue weighted by Crippen LogP contribution is 2.48. The van der Waals surface area contributed by atoms with E-state index in [1.807, 2.05) is 0 Å². The maximum atomic E-state index is 2.42. The molecule has 0 fully saturated rings. The van der Waals surface area contributed by atoms with Crippen LogP contribution in [0.25, 0.3) is 54.9 Å². The van der Waals surface area contributed by atoms with Gasteiger partial charge in [0.15, 0.2) is 0 Å². The molecule has 0 spiro atoms. The van der Waals surface area contributed by atoms with Crippen molar-refractivity contribution in [3.63, 3.8) is 0 Å². The molecule has 8 aromatic carbocycles. The summed E-state index contributed by atoms with van der Waals surface area (Å²) in [4.78, 5) is 2.42. The van der Waals surface area contributed by atoms with Crippen LogP contribution in [0.15, 0.2) is 188 Å². The quantitative estimate of drug-likeness (QED) is 0.179. The highest BCUT2D eigenvalue weighted by Gasteiger charge is 2.22. The fourth-order valence-corrected chi connectivity index (χ4v) is 6.54. The Kier molecular flexibility index (Phi) is 6.90. The second-order valence-corrected chi connectivity index (χ2v) is 11.3. The van der Waals surface area contributed by atoms with Gasteiger partial charge in [-0.05, 0) is 68.4 Å². The van der Waals surface area contributed by atoms with E-state index < -0.39 is 0 Å². The highest BCUT2D eigenvalue weighted by atomic mass is 15.1. The zero-order chi connectivity index (χ0) is 30.0. The molecule has 1 heteroatoms. The van der Waals surface area contributed by atoms with E-state index >= 15 is 0 Å². The smallest absolute Gasteiger partial charge is 0.0618 e. The largest absolute Gasteiger partial charge is 0.309 e. The number of nitrogens with zero attached hydrogens (tertiary/aromatic N) is 1. The summed E-state index contributed by atoms with van der Waals surface area (Å²) >= 11 is 0. The fraction of sp³-hybridized carbons (Fsp3) is 0. The van der Waals surface area contributed by atoms with Crippen molar-refractivity contribution in [2.75, 3.05) is 4.90 Å². The van der Waals surface area contributed by atoms with Gasteiger partial charge in [0, 0.05) is 22.1 Å². The number of fused-ring (bicyclic) bond motifs is 2. The van der Waals surface area contributed by atoms with Crippen LogP contribution in [0.3, 0.4) is 0 Å². The molecule has 212 valence electrons. The van der Waals surface area contributed by atoms with E-state index in [0.717, 1.165) is 11.4 Å². The predicted octanol–water partition coefficient (Wildman–Crippen LogP) is 12.5. The van der Waals surface area contributed by atoms with E-state index in [2.05, 4.69) is 193 Å². The van der Waals surface area contributed by atoms with Crippen molar-refractivity contribution in [2.45, 2.75) is 0 Å². The van der Waals surface area contributed by atoms with Gasteiger partial charge in [-0.2, -0.15) is 0 Å². The Morgan fingerprint density at radius 1 is 0.244 bits per heavy atom. The first-order valence-corrected chi connectivity index (χ1v) is 15.5. The molecule has 0 aliphatic carbocycles. The number of hydrogen-bond donors (Lipinski definition) is 0. The van der Waals surface area contributed by atoms with Crippen LogP contribution < -0.4 is 4.90 Å². The summed E-state index contributed by atoms with van der Waals surface area (Å²) in [5, 5.41) is 4.91. The molecule has 0 aliphatic heterocycles. The third kappa shape index (κ3) is 4.95. The summed E-state index contributed by atoms with van der Waals surface area (Å²) in [7, 11) is 0. The lowest BCUT2D eigenvalue weighted by molar-refractivity contribution is 1.31. The fourth-order valence-electron chi connectivity index (χ4n) is 6.54. The molecule has 0 saturated heterocycles. The Labute approximate surface area is 264 Å². The Morgan fingerprint density at radius 2 is 0.578 bits per heavy atom. The van der Waals surface area contributed by atoms with Crippen LogP contribution in [0.2, 0.25) is 0 Å². The lowest BCUT2D eigenvalue weighted by Gasteiger charge is -2.29. The van der Waals surface area contributed by atoms with Gasteiger partial charge in [0.1, 0.15) is 0 Å². The van der Waals surface area contributed by atoms with Crippen molar-refractivity contribution in [3.05, 3.63) is 188 Å². The van der Waals surface area contributed by atoms with E-state index in [1.165, 1.54) is 60.6 Å². The van der Waals surface area contributed by atoms with Crippen molar-refractivity contribution in [1.82, 2.24) is 0 Å². The van der Waals surface area contributed by atoms with Gasteiger partial charge in [0.05, 0.1) is 5.69 Å². The molecule has 0 saturated carbocycles. The summed E-state index contributed by atoms with van der Waals surface area (Å²) in [5.41, 5.74) is 10.8. The maximum absolute atomic E-state index is 2.42. The molecule has 45 heavy (non-hydrogen) atoms. The van der Waals surface area contributed by atoms with Gasteiger partial charge in [-0.15, -0.1) is 0 Å². The minimum absolute atomic E-state index is 1.12. The zero-order valence-corrected chi connectivity index (χ0v) is 24.8. The number of rotatable bonds is 6. The lowest BCUT2D eigenvalue weighted by Crippen LogP contribution is -2.11. The molecule has 8 aromatic rings. The van der Waals surface area contributed by atoms with Crippen molar-refractivity contribution >= 4 is 38.6 Å². The van der Waals surface area contributed by atoms with E-state index in [4.69, 9.17) is 0 Å². The van der Waals surface area contributed by atoms with Gasteiger partial charge >= 0.3 is 0 Å². The molecule has 0 heterocycles. The van der Waals surface area contributed by atoms with Gasteiger partial charge in [-0.3, -0.25) is 0 Å². The molecule has 0 atom stereocenters. The SMILES string of the molecule is c1ccc(-c2ccc(-c3c4ccccc4c(N(c4ccccc4)c4ccc(-c5ccccc5)cc4)c4ccccc34)cc2)cc1. The predicted molar refractivity (Wildman–Crippen MR) is 192 cm³/mol. The molecule has 0 radical (unpaired) electrons. The van der Waals surface area contributed by atoms with Gasteiger partial charge in [0.25, 0.3) is 0 Å². The molecular weight excluding hydrogens is 542 g/mol. The summed E-state index contributed by atoms with van der Waals surface area (Å²) in [6.07, 6.45) is 0. The second kappa shape index (κ2) is 11.6. The minimum atomic E-state index is 1.12. The van der Waals surface area contributed by atoms with Crippen LogP contribution in [0.1, 0.15) is 0 Å². The first kappa shape index (κ1) is 26.7. The summed E-state index contributed by atoms with van der Waals surface area (Å²) in [6.45, 7) is 0. The average Bonchev–Trinajstić information content (AvgIpc) is 3.13. The molecule has 0 bridgehead atoms. The van der Waals surface area contributed by atoms with Crippen LogP contribution in [0.5, 0.6) is 0 Å². The number of benzene rings is 8. The Morgan fingerprint density at radius 3 is 1.07 bits per heavy atom. The Balaban J connectivity index is 1.36. The van der Waals surface area contributed by atoms with Crippen LogP contribution >= 0.6 is 0 Å². The molecule has 0 aliphatic rings. The van der Waals surface area contributed by atoms with Gasteiger partial charge in [-0.25, -0.2) is 0 Å². The molecule has 0 unspecified atom stereocenters. The number of anilines is 3. The van der Waals surface area contributed by atoms with E-state index in [-0.39, 0.29) is 0 Å². The lowest BCUT2D eigenvalue weighted by atomic mass is 9.89. The standard InChI is InChI=1S/C44H31N/c1-4-14-32(15-5-1)34-24-26-36(27-25-34)43-39-20-10-12-22-41(39)44(42-23-13-11-21-40(42)43)45(37-18-8-3-9-19-37)38-30-28-35(29-31-38)33-16-6-2-7-17-33/h1-31H. The average molecular weight is 574 g/mol. The van der Waals surface area contributed by atoms with E-state index in [9.17, 15) is 0 Å². The molecular formula is C44H31N. The van der Waals surface area contributed by atoms with Crippen LogP contribution in [0.4, 0.5) is 17.1 Å². The van der Waals surface area contributed by atoms with Gasteiger partial charge in [-0.1, -0.05) is 164 Å². The maximum Gasteiger partial charge on any atom is 0.0618 e. The van der Waals surface area contributed by atoms with Gasteiger partial charge < -0.3 is 4.90 Å². The van der Waals surface area contributed by atoms with Crippen molar-refractivity contribution < 1.29 is 0 Å². The number of para-hydroxylation sites is 1. The summed E-state index contributed by atoms with van der Waals surface area (Å²) in [5.74, 6) is 0. The normalized spacial score (nSPS) is 11.1. The van der Waals surface area contributed by atoms with E-state index in [1.54, 1.807) is 0 Å². The molecule has 1 nitrogen and oxygen atoms in total. The molecule has 0 aromatic heterocycles. The van der Waals surface area contributed by atoms with Crippen molar-refractivity contribution in [3.8, 4) is 33.4 Å². The van der Waals surface area contributed by atoms with Crippen molar-refractivity contribution in [2.24, 2.45) is 0 Å². The van der Waals surface area contributed by atoms with Crippen LogP contribution in [-0.2, 0) is 0 Å². The van der Waals surface area contributed by atoms with Gasteiger partial charge in [0.2, 0.25) is 0 Å². The molecule has 0 amide bonds. The first-order chi connectivity index (χ1) is 22.3. The number of hydrogen-bond acceptors (Lipinski definition) is 1. The monoisotopic (exact) mass is 573 g/mol. The van der Waals surface area contributed by atoms with E-state index in [0.29, 0.717) is 0 Å². The minimum Gasteiger partial charge on any atom is -0.309 e. The Hall–Kier alpha value is -5.92. The third-order valence-corrected chi connectivity index (χ3v) is 8.65. The summed E-state index contributed by atoms with van der Waals surface area (Å²) < 4.78 is 0. The third-order valence-electron chi connectivity index (χ3n) is 8.65. The van der Waals surface area contributed by atoms with Crippen LogP contribution in [0, 0.1) is 0 Å². The van der Waals surface area contributed by atoms with Crippen LogP contribution in [-0.4, -0.2) is 0 Å². The second-order valence-electron chi connectivity index (χ2n) is 11.3. The first-order valence-electron chi connectivity index (χ1n) is 15.5. The summed E-state index contributed by atoms with van der Waals surface area (Å²) in [6, 6.07) is 67.6.